The number of aromatic hydroxyl groups is 1. The number of para-hydroxylation sites is 1. The molecule has 0 amide bonds. The zero-order valence-corrected chi connectivity index (χ0v) is 7.40. The Morgan fingerprint density at radius 1 is 1.38 bits per heavy atom. The minimum absolute atomic E-state index is 0.0540. The number of methoxy groups -OCH3 is 1. The Labute approximate surface area is 75.7 Å². The van der Waals surface area contributed by atoms with Crippen molar-refractivity contribution >= 4 is 0 Å². The summed E-state index contributed by atoms with van der Waals surface area (Å²) < 4.78 is 15.6. The zero-order chi connectivity index (χ0) is 9.47. The Morgan fingerprint density at radius 3 is 2.77 bits per heavy atom. The van der Waals surface area contributed by atoms with E-state index in [1.807, 2.05) is 0 Å². The number of hydrogen-bond acceptors (Lipinski definition) is 4. The number of ether oxygens (including phenoxy) is 3. The smallest absolute Gasteiger partial charge is 0.368 e. The van der Waals surface area contributed by atoms with Crippen molar-refractivity contribution in [3.63, 3.8) is 0 Å². The first-order chi connectivity index (χ1) is 6.14. The normalized spacial score (nSPS) is 24.8. The number of benzene rings is 1. The highest BCUT2D eigenvalue weighted by Gasteiger charge is 2.38. The molecule has 70 valence electrons. The van der Waals surface area contributed by atoms with Crippen LogP contribution in [0.15, 0.2) is 18.2 Å². The Kier molecular flexibility index (Phi) is 1.60. The Morgan fingerprint density at radius 2 is 2.15 bits per heavy atom. The first-order valence-electron chi connectivity index (χ1n) is 3.90. The summed E-state index contributed by atoms with van der Waals surface area (Å²) in [5.41, 5.74) is 0. The van der Waals surface area contributed by atoms with E-state index in [9.17, 15) is 5.11 Å². The summed E-state index contributed by atoms with van der Waals surface area (Å²) in [6.45, 7) is 1.63. The van der Waals surface area contributed by atoms with Crippen LogP contribution < -0.4 is 9.47 Å². The fourth-order valence-corrected chi connectivity index (χ4v) is 1.18. The second-order valence-electron chi connectivity index (χ2n) is 2.88. The van der Waals surface area contributed by atoms with Gasteiger partial charge in [-0.3, -0.25) is 0 Å². The van der Waals surface area contributed by atoms with Crippen molar-refractivity contribution in [3.8, 4) is 17.2 Å². The van der Waals surface area contributed by atoms with Crippen LogP contribution in [0.4, 0.5) is 0 Å². The van der Waals surface area contributed by atoms with Gasteiger partial charge in [0.1, 0.15) is 0 Å². The summed E-state index contributed by atoms with van der Waals surface area (Å²) in [5, 5.41) is 9.40. The van der Waals surface area contributed by atoms with Crippen molar-refractivity contribution in [2.45, 2.75) is 12.9 Å². The predicted octanol–water partition coefficient (Wildman–Crippen LogP) is 1.48. The highest BCUT2D eigenvalue weighted by atomic mass is 16.9. The van der Waals surface area contributed by atoms with E-state index >= 15 is 0 Å². The zero-order valence-electron chi connectivity index (χ0n) is 7.40. The van der Waals surface area contributed by atoms with Crippen molar-refractivity contribution in [1.82, 2.24) is 0 Å². The molecule has 1 aliphatic heterocycles. The van der Waals surface area contributed by atoms with E-state index in [1.165, 1.54) is 13.2 Å². The Bertz CT molecular complexity index is 336. The van der Waals surface area contributed by atoms with Crippen LogP contribution in [0.1, 0.15) is 6.92 Å². The van der Waals surface area contributed by atoms with Gasteiger partial charge in [-0.1, -0.05) is 6.07 Å². The molecule has 1 atom stereocenters. The van der Waals surface area contributed by atoms with E-state index < -0.39 is 5.97 Å². The predicted molar refractivity (Wildman–Crippen MR) is 44.8 cm³/mol. The van der Waals surface area contributed by atoms with Crippen molar-refractivity contribution in [2.75, 3.05) is 7.11 Å². The summed E-state index contributed by atoms with van der Waals surface area (Å²) >= 11 is 0. The SMILES string of the molecule is COC1(C)Oc2cccc(O)c2O1. The van der Waals surface area contributed by atoms with Crippen LogP contribution in [0.25, 0.3) is 0 Å². The summed E-state index contributed by atoms with van der Waals surface area (Å²) in [4.78, 5) is 0. The van der Waals surface area contributed by atoms with Gasteiger partial charge in [0.2, 0.25) is 5.75 Å². The number of fused-ring (bicyclic) bond motifs is 1. The van der Waals surface area contributed by atoms with Gasteiger partial charge >= 0.3 is 5.97 Å². The van der Waals surface area contributed by atoms with E-state index in [0.717, 1.165) is 0 Å². The number of phenolic OH excluding ortho intramolecular Hbond substituents is 1. The van der Waals surface area contributed by atoms with Gasteiger partial charge in [0.05, 0.1) is 0 Å². The minimum atomic E-state index is -1.12. The topological polar surface area (TPSA) is 47.9 Å². The van der Waals surface area contributed by atoms with Gasteiger partial charge in [-0.2, -0.15) is 0 Å². The molecule has 1 aromatic rings. The van der Waals surface area contributed by atoms with Gasteiger partial charge in [-0.15, -0.1) is 0 Å². The van der Waals surface area contributed by atoms with Crippen molar-refractivity contribution in [1.29, 1.82) is 0 Å². The third kappa shape index (κ3) is 1.19. The van der Waals surface area contributed by atoms with Gasteiger partial charge in [-0.05, 0) is 12.1 Å². The van der Waals surface area contributed by atoms with E-state index in [1.54, 1.807) is 19.1 Å². The Hall–Kier alpha value is -1.42. The molecule has 0 radical (unpaired) electrons. The standard InChI is InChI=1S/C9H10O4/c1-9(11-2)12-7-5-3-4-6(10)8(7)13-9/h3-5,10H,1-2H3. The van der Waals surface area contributed by atoms with E-state index in [4.69, 9.17) is 14.2 Å². The highest BCUT2D eigenvalue weighted by molar-refractivity contribution is 5.52. The molecule has 2 rings (SSSR count). The molecule has 1 unspecified atom stereocenters. The molecule has 1 heterocycles. The molecule has 0 aliphatic carbocycles. The lowest BCUT2D eigenvalue weighted by molar-refractivity contribution is -0.254. The first kappa shape index (κ1) is 8.19. The molecule has 0 aromatic heterocycles. The lowest BCUT2D eigenvalue weighted by atomic mass is 10.3. The number of hydrogen-bond donors (Lipinski definition) is 1. The molecular formula is C9H10O4. The highest BCUT2D eigenvalue weighted by Crippen LogP contribution is 2.45. The molecule has 4 heteroatoms. The van der Waals surface area contributed by atoms with Crippen LogP contribution in [-0.4, -0.2) is 18.2 Å². The van der Waals surface area contributed by atoms with E-state index in [-0.39, 0.29) is 5.75 Å². The van der Waals surface area contributed by atoms with Gasteiger partial charge in [-0.25, -0.2) is 0 Å². The second kappa shape index (κ2) is 2.53. The molecule has 0 saturated heterocycles. The fraction of sp³-hybridized carbons (Fsp3) is 0.333. The van der Waals surface area contributed by atoms with Crippen LogP contribution in [-0.2, 0) is 4.74 Å². The molecule has 13 heavy (non-hydrogen) atoms. The monoisotopic (exact) mass is 182 g/mol. The van der Waals surface area contributed by atoms with Gasteiger partial charge in [0.25, 0.3) is 0 Å². The third-order valence-corrected chi connectivity index (χ3v) is 1.91. The lowest BCUT2D eigenvalue weighted by Crippen LogP contribution is -2.36. The molecule has 1 aliphatic rings. The van der Waals surface area contributed by atoms with Crippen LogP contribution in [0.2, 0.25) is 0 Å². The maximum atomic E-state index is 9.40. The number of rotatable bonds is 1. The van der Waals surface area contributed by atoms with Crippen molar-refractivity contribution in [2.24, 2.45) is 0 Å². The summed E-state index contributed by atoms with van der Waals surface area (Å²) in [7, 11) is 1.48. The lowest BCUT2D eigenvalue weighted by Gasteiger charge is -2.19. The first-order valence-corrected chi connectivity index (χ1v) is 3.90. The fourth-order valence-electron chi connectivity index (χ4n) is 1.18. The molecule has 1 N–H and O–H groups in total. The molecule has 1 aromatic carbocycles. The molecule has 0 fully saturated rings. The summed E-state index contributed by atoms with van der Waals surface area (Å²) in [5.74, 6) is -0.254. The number of phenols is 1. The van der Waals surface area contributed by atoms with Gasteiger partial charge in [0, 0.05) is 14.0 Å². The molecule has 0 bridgehead atoms. The minimum Gasteiger partial charge on any atom is -0.504 e. The van der Waals surface area contributed by atoms with Crippen LogP contribution in [0, 0.1) is 0 Å². The quantitative estimate of drug-likeness (QED) is 0.714. The van der Waals surface area contributed by atoms with E-state index in [0.29, 0.717) is 11.5 Å². The summed E-state index contributed by atoms with van der Waals surface area (Å²) in [6.07, 6.45) is 0. The molecule has 4 nitrogen and oxygen atoms in total. The van der Waals surface area contributed by atoms with E-state index in [2.05, 4.69) is 0 Å². The maximum absolute atomic E-state index is 9.40. The molecule has 0 spiro atoms. The van der Waals surface area contributed by atoms with Gasteiger partial charge < -0.3 is 19.3 Å². The van der Waals surface area contributed by atoms with Crippen molar-refractivity contribution in [3.05, 3.63) is 18.2 Å². The Balaban J connectivity index is 2.40. The average Bonchev–Trinajstić information content (AvgIpc) is 2.45. The van der Waals surface area contributed by atoms with Crippen molar-refractivity contribution < 1.29 is 19.3 Å². The second-order valence-corrected chi connectivity index (χ2v) is 2.88. The van der Waals surface area contributed by atoms with Crippen LogP contribution >= 0.6 is 0 Å². The van der Waals surface area contributed by atoms with Gasteiger partial charge in [0.15, 0.2) is 11.5 Å². The van der Waals surface area contributed by atoms with Crippen LogP contribution in [0.3, 0.4) is 0 Å². The average molecular weight is 182 g/mol. The summed E-state index contributed by atoms with van der Waals surface area (Å²) in [6, 6.07) is 4.92. The maximum Gasteiger partial charge on any atom is 0.368 e. The van der Waals surface area contributed by atoms with Crippen LogP contribution in [0.5, 0.6) is 17.2 Å². The largest absolute Gasteiger partial charge is 0.504 e. The molecular weight excluding hydrogens is 172 g/mol. The molecule has 0 saturated carbocycles. The third-order valence-electron chi connectivity index (χ3n) is 1.91.